The van der Waals surface area contributed by atoms with Gasteiger partial charge in [-0.3, -0.25) is 9.59 Å². The lowest BCUT2D eigenvalue weighted by Gasteiger charge is -2.35. The molecule has 4 heterocycles. The van der Waals surface area contributed by atoms with Crippen LogP contribution in [0.5, 0.6) is 11.6 Å². The molecular weight excluding hydrogens is 642 g/mol. The molecule has 274 valence electrons. The fraction of sp³-hybridized carbons (Fsp3) is 0.676. The van der Waals surface area contributed by atoms with E-state index in [4.69, 9.17) is 28.9 Å². The Balaban J connectivity index is 1.55. The minimum Gasteiger partial charge on any atom is -0.497 e. The number of likely N-dealkylation sites (tertiary alicyclic amines) is 1. The molecule has 5 rings (SSSR count). The Morgan fingerprint density at radius 2 is 1.80 bits per heavy atom. The number of rotatable bonds is 4. The van der Waals surface area contributed by atoms with Crippen molar-refractivity contribution in [1.82, 2.24) is 25.1 Å². The summed E-state index contributed by atoms with van der Waals surface area (Å²) in [7, 11) is 1.59. The van der Waals surface area contributed by atoms with Gasteiger partial charge in [0.05, 0.1) is 37.3 Å². The maximum Gasteiger partial charge on any atom is 0.408 e. The van der Waals surface area contributed by atoms with E-state index in [0.29, 0.717) is 54.2 Å². The highest BCUT2D eigenvalue weighted by molar-refractivity contribution is 5.91. The summed E-state index contributed by atoms with van der Waals surface area (Å²) in [6.45, 7) is 13.6. The third-order valence-electron chi connectivity index (χ3n) is 9.99. The van der Waals surface area contributed by atoms with Crippen LogP contribution in [-0.2, 0) is 30.3 Å². The summed E-state index contributed by atoms with van der Waals surface area (Å²) in [4.78, 5) is 67.4. The molecule has 13 heteroatoms. The lowest BCUT2D eigenvalue weighted by Crippen LogP contribution is -2.58. The zero-order valence-electron chi connectivity index (χ0n) is 30.7. The maximum atomic E-state index is 14.5. The summed E-state index contributed by atoms with van der Waals surface area (Å²) in [5.74, 6) is -0.429. The number of amides is 3. The Labute approximate surface area is 294 Å². The first-order chi connectivity index (χ1) is 23.7. The largest absolute Gasteiger partial charge is 0.497 e. The van der Waals surface area contributed by atoms with Gasteiger partial charge < -0.3 is 34.1 Å². The van der Waals surface area contributed by atoms with E-state index in [-0.39, 0.29) is 31.0 Å². The smallest absolute Gasteiger partial charge is 0.408 e. The van der Waals surface area contributed by atoms with Crippen LogP contribution in [-0.4, -0.2) is 101 Å². The summed E-state index contributed by atoms with van der Waals surface area (Å²) >= 11 is 0. The summed E-state index contributed by atoms with van der Waals surface area (Å²) in [5.41, 5.74) is 1.24. The molecule has 0 spiro atoms. The van der Waals surface area contributed by atoms with Crippen molar-refractivity contribution in [2.24, 2.45) is 17.3 Å². The van der Waals surface area contributed by atoms with Crippen molar-refractivity contribution in [3.05, 3.63) is 23.9 Å². The van der Waals surface area contributed by atoms with Crippen molar-refractivity contribution in [2.45, 2.75) is 117 Å². The molecule has 1 N–H and O–H groups in total. The molecule has 0 aliphatic carbocycles. The van der Waals surface area contributed by atoms with E-state index in [0.717, 1.165) is 19.3 Å². The molecule has 6 atom stereocenters. The Morgan fingerprint density at radius 1 is 1.04 bits per heavy atom. The first-order valence-electron chi connectivity index (χ1n) is 17.9. The van der Waals surface area contributed by atoms with Crippen LogP contribution >= 0.6 is 0 Å². The van der Waals surface area contributed by atoms with E-state index in [9.17, 15) is 19.2 Å². The van der Waals surface area contributed by atoms with Crippen molar-refractivity contribution in [3.63, 3.8) is 0 Å². The predicted molar refractivity (Wildman–Crippen MR) is 186 cm³/mol. The van der Waals surface area contributed by atoms with Gasteiger partial charge in [-0.2, -0.15) is 0 Å². The number of nitrogens with zero attached hydrogens (tertiary/aromatic N) is 4. The molecule has 2 fully saturated rings. The second-order valence-electron chi connectivity index (χ2n) is 15.4. The van der Waals surface area contributed by atoms with Crippen LogP contribution in [0.15, 0.2) is 18.2 Å². The zero-order chi connectivity index (χ0) is 36.3. The number of hydrogen-bond donors (Lipinski definition) is 1. The number of methoxy groups -OCH3 is 1. The minimum absolute atomic E-state index is 0.0654. The van der Waals surface area contributed by atoms with Crippen molar-refractivity contribution in [1.29, 1.82) is 0 Å². The number of carbonyl (C=O) groups excluding carboxylic acids is 4. The first kappa shape index (κ1) is 37.1. The SMILES string of the molecule is COc1ccc2nc3c(nc2c1)OC1CN(C(=O)C(C(C)(C)C)NC(=O)OC2CCN(C(C)=O)C2CCCCC3)C(C(=O)OCC(C)C)C1C. The lowest BCUT2D eigenvalue weighted by molar-refractivity contribution is -0.156. The number of ether oxygens (including phenoxy) is 4. The van der Waals surface area contributed by atoms with Crippen LogP contribution in [0.3, 0.4) is 0 Å². The van der Waals surface area contributed by atoms with Crippen molar-refractivity contribution < 1.29 is 38.1 Å². The lowest BCUT2D eigenvalue weighted by atomic mass is 9.85. The topological polar surface area (TPSA) is 149 Å². The van der Waals surface area contributed by atoms with E-state index in [1.165, 1.54) is 11.8 Å². The van der Waals surface area contributed by atoms with Crippen molar-refractivity contribution >= 4 is 34.9 Å². The van der Waals surface area contributed by atoms with Gasteiger partial charge in [0.2, 0.25) is 17.7 Å². The molecule has 1 aromatic carbocycles. The maximum absolute atomic E-state index is 14.5. The average Bonchev–Trinajstić information content (AvgIpc) is 3.60. The molecule has 1 aromatic heterocycles. The Hall–Kier alpha value is -4.16. The Bertz CT molecular complexity index is 1570. The van der Waals surface area contributed by atoms with Crippen LogP contribution in [0.2, 0.25) is 0 Å². The monoisotopic (exact) mass is 695 g/mol. The zero-order valence-corrected chi connectivity index (χ0v) is 30.7. The van der Waals surface area contributed by atoms with Crippen LogP contribution in [0.25, 0.3) is 11.0 Å². The molecule has 3 amide bonds. The predicted octanol–water partition coefficient (Wildman–Crippen LogP) is 4.68. The number of carbonyl (C=O) groups is 4. The molecule has 3 aliphatic rings. The van der Waals surface area contributed by atoms with Gasteiger partial charge in [0.1, 0.15) is 35.7 Å². The fourth-order valence-corrected chi connectivity index (χ4v) is 7.21. The van der Waals surface area contributed by atoms with Gasteiger partial charge in [-0.1, -0.05) is 54.4 Å². The van der Waals surface area contributed by atoms with Gasteiger partial charge in [-0.15, -0.1) is 0 Å². The summed E-state index contributed by atoms with van der Waals surface area (Å²) in [6.07, 6.45) is 2.35. The summed E-state index contributed by atoms with van der Waals surface area (Å²) in [5, 5.41) is 2.84. The number of aryl methyl sites for hydroxylation is 1. The molecule has 2 aromatic rings. The number of nitrogens with one attached hydrogen (secondary N) is 1. The first-order valence-corrected chi connectivity index (χ1v) is 17.9. The molecule has 2 bridgehead atoms. The molecule has 50 heavy (non-hydrogen) atoms. The standard InChI is InChI=1S/C37H53N5O8/c1-21(2)20-48-35(45)31-22(3)30-19-42(31)34(44)32(37(5,6)7)40-36(46)50-29-16-17-41(23(4)43)28(29)13-11-9-10-12-26-33(49-30)39-27-18-24(47-8)14-15-25(27)38-26/h14-15,18,21-22,28-32H,9-13,16-17,19-20H2,1-8H3,(H,40,46). The van der Waals surface area contributed by atoms with Gasteiger partial charge in [0.25, 0.3) is 0 Å². The third-order valence-corrected chi connectivity index (χ3v) is 9.99. The summed E-state index contributed by atoms with van der Waals surface area (Å²) in [6, 6.07) is 3.24. The molecular formula is C37H53N5O8. The van der Waals surface area contributed by atoms with E-state index >= 15 is 0 Å². The normalized spacial score (nSPS) is 26.7. The van der Waals surface area contributed by atoms with E-state index < -0.39 is 53.6 Å². The molecule has 6 unspecified atom stereocenters. The number of fused-ring (bicyclic) bond motifs is 5. The molecule has 0 saturated carbocycles. The second-order valence-corrected chi connectivity index (χ2v) is 15.4. The van der Waals surface area contributed by atoms with Gasteiger partial charge >= 0.3 is 12.1 Å². The minimum atomic E-state index is -1.03. The fourth-order valence-electron chi connectivity index (χ4n) is 7.21. The molecule has 0 radical (unpaired) electrons. The molecule has 2 saturated heterocycles. The van der Waals surface area contributed by atoms with E-state index in [1.54, 1.807) is 18.1 Å². The van der Waals surface area contributed by atoms with Crippen LogP contribution < -0.4 is 14.8 Å². The van der Waals surface area contributed by atoms with Crippen LogP contribution in [0.1, 0.15) is 86.3 Å². The number of esters is 1. The third kappa shape index (κ3) is 8.24. The quantitative estimate of drug-likeness (QED) is 0.447. The van der Waals surface area contributed by atoms with E-state index in [2.05, 4.69) is 5.32 Å². The average molecular weight is 696 g/mol. The van der Waals surface area contributed by atoms with Gasteiger partial charge in [0, 0.05) is 31.9 Å². The Kier molecular flexibility index (Phi) is 11.4. The molecule has 3 aliphatic heterocycles. The Morgan fingerprint density at radius 3 is 2.48 bits per heavy atom. The number of aromatic nitrogens is 2. The highest BCUT2D eigenvalue weighted by Gasteiger charge is 2.51. The summed E-state index contributed by atoms with van der Waals surface area (Å²) < 4.78 is 23.7. The van der Waals surface area contributed by atoms with Gasteiger partial charge in [0.15, 0.2) is 0 Å². The number of alkyl carbamates (subject to hydrolysis) is 1. The second kappa shape index (κ2) is 15.4. The van der Waals surface area contributed by atoms with E-state index in [1.807, 2.05) is 53.7 Å². The number of benzene rings is 1. The molecule has 13 nitrogen and oxygen atoms in total. The van der Waals surface area contributed by atoms with Crippen LogP contribution in [0.4, 0.5) is 4.79 Å². The van der Waals surface area contributed by atoms with Crippen molar-refractivity contribution in [3.8, 4) is 11.6 Å². The highest BCUT2D eigenvalue weighted by atomic mass is 16.6. The van der Waals surface area contributed by atoms with Gasteiger partial charge in [-0.25, -0.2) is 19.6 Å². The van der Waals surface area contributed by atoms with Crippen molar-refractivity contribution in [2.75, 3.05) is 26.8 Å². The highest BCUT2D eigenvalue weighted by Crippen LogP contribution is 2.35. The van der Waals surface area contributed by atoms with Gasteiger partial charge in [-0.05, 0) is 42.7 Å². The number of hydrogen-bond acceptors (Lipinski definition) is 10. The van der Waals surface area contributed by atoms with Crippen LogP contribution in [0, 0.1) is 17.3 Å².